The molecule has 0 radical (unpaired) electrons. The normalized spacial score (nSPS) is 26.8. The lowest BCUT2D eigenvalue weighted by Crippen LogP contribution is -2.61. The van der Waals surface area contributed by atoms with Crippen molar-refractivity contribution in [1.29, 1.82) is 0 Å². The molecule has 2 unspecified atom stereocenters. The molecule has 0 aliphatic heterocycles. The third-order valence-electron chi connectivity index (χ3n) is 4.37. The summed E-state index contributed by atoms with van der Waals surface area (Å²) in [5.41, 5.74) is 1.35. The van der Waals surface area contributed by atoms with Gasteiger partial charge in [0.05, 0.1) is 6.10 Å². The second-order valence-corrected chi connectivity index (χ2v) is 6.37. The topological polar surface area (TPSA) is 21.3 Å². The number of hydrogen-bond donors (Lipinski definition) is 1. The molecular formula is C16H24ClNO. The Balaban J connectivity index is 1.98. The van der Waals surface area contributed by atoms with Gasteiger partial charge < -0.3 is 10.1 Å². The van der Waals surface area contributed by atoms with E-state index in [1.807, 2.05) is 18.2 Å². The molecule has 0 saturated heterocycles. The van der Waals surface area contributed by atoms with Crippen molar-refractivity contribution in [2.24, 2.45) is 5.41 Å². The van der Waals surface area contributed by atoms with Gasteiger partial charge in [-0.25, -0.2) is 0 Å². The Labute approximate surface area is 121 Å². The molecule has 1 aliphatic rings. The summed E-state index contributed by atoms with van der Waals surface area (Å²) >= 11 is 6.25. The van der Waals surface area contributed by atoms with Gasteiger partial charge in [0, 0.05) is 29.1 Å². The van der Waals surface area contributed by atoms with Gasteiger partial charge in [-0.05, 0) is 31.9 Å². The lowest BCUT2D eigenvalue weighted by Gasteiger charge is -2.52. The Morgan fingerprint density at radius 3 is 2.68 bits per heavy atom. The number of hydrogen-bond acceptors (Lipinski definition) is 2. The minimum atomic E-state index is 0.186. The third kappa shape index (κ3) is 2.96. The van der Waals surface area contributed by atoms with Crippen LogP contribution in [-0.2, 0) is 4.74 Å². The van der Waals surface area contributed by atoms with Crippen molar-refractivity contribution in [1.82, 2.24) is 5.32 Å². The van der Waals surface area contributed by atoms with Gasteiger partial charge in [-0.3, -0.25) is 0 Å². The summed E-state index contributed by atoms with van der Waals surface area (Å²) in [6.45, 7) is 9.57. The van der Waals surface area contributed by atoms with Crippen LogP contribution in [0.5, 0.6) is 0 Å². The molecule has 0 amide bonds. The molecule has 0 bridgehead atoms. The maximum atomic E-state index is 6.25. The average molecular weight is 282 g/mol. The fraction of sp³-hybridized carbons (Fsp3) is 0.625. The van der Waals surface area contributed by atoms with Gasteiger partial charge in [0.25, 0.3) is 0 Å². The first-order chi connectivity index (χ1) is 8.96. The van der Waals surface area contributed by atoms with E-state index in [0.29, 0.717) is 12.1 Å². The minimum absolute atomic E-state index is 0.186. The first-order valence-electron chi connectivity index (χ1n) is 7.09. The second-order valence-electron chi connectivity index (χ2n) is 5.96. The molecule has 1 fully saturated rings. The maximum Gasteiger partial charge on any atom is 0.0655 e. The number of nitrogens with one attached hydrogen (secondary N) is 1. The van der Waals surface area contributed by atoms with Gasteiger partial charge in [0.1, 0.15) is 0 Å². The van der Waals surface area contributed by atoms with Crippen LogP contribution in [0.15, 0.2) is 24.3 Å². The van der Waals surface area contributed by atoms with E-state index < -0.39 is 0 Å². The summed E-state index contributed by atoms with van der Waals surface area (Å²) in [5, 5.41) is 4.52. The average Bonchev–Trinajstić information content (AvgIpc) is 2.38. The number of halogens is 1. The van der Waals surface area contributed by atoms with Crippen molar-refractivity contribution in [3.8, 4) is 0 Å². The molecule has 2 rings (SSSR count). The molecular weight excluding hydrogens is 258 g/mol. The summed E-state index contributed by atoms with van der Waals surface area (Å²) in [6.07, 6.45) is 1.45. The monoisotopic (exact) mass is 281 g/mol. The van der Waals surface area contributed by atoms with Gasteiger partial charge in [-0.2, -0.15) is 0 Å². The van der Waals surface area contributed by atoms with Gasteiger partial charge >= 0.3 is 0 Å². The second kappa shape index (κ2) is 5.82. The van der Waals surface area contributed by atoms with Crippen LogP contribution in [-0.4, -0.2) is 18.8 Å². The van der Waals surface area contributed by atoms with Crippen LogP contribution in [0.1, 0.15) is 45.7 Å². The lowest BCUT2D eigenvalue weighted by molar-refractivity contribution is -0.116. The van der Waals surface area contributed by atoms with Crippen molar-refractivity contribution < 1.29 is 4.74 Å². The molecule has 0 spiro atoms. The largest absolute Gasteiger partial charge is 0.378 e. The number of benzene rings is 1. The summed E-state index contributed by atoms with van der Waals surface area (Å²) < 4.78 is 5.77. The van der Waals surface area contributed by atoms with Gasteiger partial charge in [-0.1, -0.05) is 43.6 Å². The van der Waals surface area contributed by atoms with Crippen LogP contribution in [0.25, 0.3) is 0 Å². The summed E-state index contributed by atoms with van der Waals surface area (Å²) in [7, 11) is 0. The van der Waals surface area contributed by atoms with Crippen molar-refractivity contribution >= 4 is 11.6 Å². The molecule has 3 atom stereocenters. The Hall–Kier alpha value is -0.570. The molecule has 1 aromatic carbocycles. The smallest absolute Gasteiger partial charge is 0.0655 e. The first-order valence-corrected chi connectivity index (χ1v) is 7.46. The van der Waals surface area contributed by atoms with Gasteiger partial charge in [0.15, 0.2) is 0 Å². The molecule has 1 saturated carbocycles. The van der Waals surface area contributed by atoms with Crippen molar-refractivity contribution in [2.75, 3.05) is 6.61 Å². The maximum absolute atomic E-state index is 6.25. The van der Waals surface area contributed by atoms with Gasteiger partial charge in [-0.15, -0.1) is 0 Å². The van der Waals surface area contributed by atoms with Crippen molar-refractivity contribution in [2.45, 2.75) is 52.3 Å². The van der Waals surface area contributed by atoms with E-state index in [-0.39, 0.29) is 11.5 Å². The summed E-state index contributed by atoms with van der Waals surface area (Å²) in [5.74, 6) is 0. The predicted octanol–water partition coefficient (Wildman–Crippen LogP) is 4.19. The van der Waals surface area contributed by atoms with Crippen LogP contribution in [0, 0.1) is 5.41 Å². The zero-order valence-electron chi connectivity index (χ0n) is 12.2. The Kier molecular flexibility index (Phi) is 4.54. The molecule has 0 heterocycles. The zero-order chi connectivity index (χ0) is 14.0. The number of rotatable bonds is 5. The van der Waals surface area contributed by atoms with E-state index >= 15 is 0 Å². The molecule has 1 aliphatic carbocycles. The Bertz CT molecular complexity index is 433. The van der Waals surface area contributed by atoms with Crippen LogP contribution < -0.4 is 5.32 Å². The fourth-order valence-electron chi connectivity index (χ4n) is 2.87. The van der Waals surface area contributed by atoms with Gasteiger partial charge in [0.2, 0.25) is 0 Å². The summed E-state index contributed by atoms with van der Waals surface area (Å²) in [4.78, 5) is 0. The molecule has 3 heteroatoms. The van der Waals surface area contributed by atoms with Crippen molar-refractivity contribution in [3.05, 3.63) is 34.9 Å². The minimum Gasteiger partial charge on any atom is -0.378 e. The van der Waals surface area contributed by atoms with E-state index in [2.05, 4.69) is 39.1 Å². The standard InChI is InChI=1S/C16H24ClNO/c1-5-19-15-10-14(16(15,3)4)18-11(2)12-8-6-7-9-13(12)17/h6-9,11,14-15,18H,5,10H2,1-4H3/t11-,14?,15?/m0/s1. The Morgan fingerprint density at radius 1 is 1.42 bits per heavy atom. The SMILES string of the molecule is CCOC1CC(N[C@@H](C)c2ccccc2Cl)C1(C)C. The van der Waals surface area contributed by atoms with Crippen LogP contribution in [0.3, 0.4) is 0 Å². The predicted molar refractivity (Wildman–Crippen MR) is 80.6 cm³/mol. The van der Waals surface area contributed by atoms with Crippen LogP contribution in [0.4, 0.5) is 0 Å². The highest BCUT2D eigenvalue weighted by atomic mass is 35.5. The molecule has 106 valence electrons. The van der Waals surface area contributed by atoms with E-state index in [4.69, 9.17) is 16.3 Å². The zero-order valence-corrected chi connectivity index (χ0v) is 13.0. The number of ether oxygens (including phenoxy) is 1. The molecule has 19 heavy (non-hydrogen) atoms. The Morgan fingerprint density at radius 2 is 2.11 bits per heavy atom. The highest BCUT2D eigenvalue weighted by Gasteiger charge is 2.49. The summed E-state index contributed by atoms with van der Waals surface area (Å²) in [6, 6.07) is 8.79. The molecule has 1 aromatic rings. The van der Waals surface area contributed by atoms with E-state index in [9.17, 15) is 0 Å². The van der Waals surface area contributed by atoms with E-state index in [0.717, 1.165) is 18.1 Å². The lowest BCUT2D eigenvalue weighted by atomic mass is 9.64. The molecule has 0 aromatic heterocycles. The quantitative estimate of drug-likeness (QED) is 0.874. The molecule has 1 N–H and O–H groups in total. The van der Waals surface area contributed by atoms with Crippen LogP contribution >= 0.6 is 11.6 Å². The van der Waals surface area contributed by atoms with Crippen LogP contribution in [0.2, 0.25) is 5.02 Å². The first kappa shape index (κ1) is 14.8. The highest BCUT2D eigenvalue weighted by Crippen LogP contribution is 2.43. The molecule has 2 nitrogen and oxygen atoms in total. The van der Waals surface area contributed by atoms with Crippen molar-refractivity contribution in [3.63, 3.8) is 0 Å². The van der Waals surface area contributed by atoms with E-state index in [1.165, 1.54) is 5.56 Å². The fourth-order valence-corrected chi connectivity index (χ4v) is 3.17. The van der Waals surface area contributed by atoms with E-state index in [1.54, 1.807) is 0 Å². The third-order valence-corrected chi connectivity index (χ3v) is 4.71. The highest BCUT2D eigenvalue weighted by molar-refractivity contribution is 6.31.